The lowest BCUT2D eigenvalue weighted by atomic mass is 9.96. The van der Waals surface area contributed by atoms with Gasteiger partial charge in [0.05, 0.1) is 0 Å². The highest BCUT2D eigenvalue weighted by Crippen LogP contribution is 2.32. The molecule has 0 aliphatic rings. The Kier molecular flexibility index (Phi) is 5.09. The largest absolute Gasteiger partial charge is 0.367 e. The SMILES string of the molecule is CCOC(CC)(CC)c1noc(-c2ccc(CN)cc2)n1. The van der Waals surface area contributed by atoms with Crippen LogP contribution in [-0.2, 0) is 16.9 Å². The molecule has 1 aromatic heterocycles. The summed E-state index contributed by atoms with van der Waals surface area (Å²) in [6, 6.07) is 7.82. The second kappa shape index (κ2) is 6.83. The van der Waals surface area contributed by atoms with Crippen molar-refractivity contribution >= 4 is 0 Å². The van der Waals surface area contributed by atoms with E-state index in [2.05, 4.69) is 24.0 Å². The first kappa shape index (κ1) is 15.7. The molecule has 5 heteroatoms. The van der Waals surface area contributed by atoms with Gasteiger partial charge in [-0.1, -0.05) is 31.1 Å². The van der Waals surface area contributed by atoms with E-state index in [1.54, 1.807) is 0 Å². The molecule has 0 radical (unpaired) electrons. The van der Waals surface area contributed by atoms with Crippen molar-refractivity contribution in [2.75, 3.05) is 6.61 Å². The molecule has 0 saturated carbocycles. The Morgan fingerprint density at radius 3 is 2.33 bits per heavy atom. The number of nitrogens with two attached hydrogens (primary N) is 1. The average Bonchev–Trinajstić information content (AvgIpc) is 3.03. The zero-order valence-corrected chi connectivity index (χ0v) is 12.9. The number of ether oxygens (including phenoxy) is 1. The maximum Gasteiger partial charge on any atom is 0.258 e. The molecule has 0 atom stereocenters. The number of hydrogen-bond donors (Lipinski definition) is 1. The smallest absolute Gasteiger partial charge is 0.258 e. The van der Waals surface area contributed by atoms with Crippen LogP contribution in [0, 0.1) is 0 Å². The second-order valence-electron chi connectivity index (χ2n) is 4.96. The predicted molar refractivity (Wildman–Crippen MR) is 81.5 cm³/mol. The summed E-state index contributed by atoms with van der Waals surface area (Å²) < 4.78 is 11.3. The summed E-state index contributed by atoms with van der Waals surface area (Å²) in [7, 11) is 0. The Bertz CT molecular complexity index is 559. The van der Waals surface area contributed by atoms with Crippen LogP contribution in [0.15, 0.2) is 28.8 Å². The highest BCUT2D eigenvalue weighted by molar-refractivity contribution is 5.53. The van der Waals surface area contributed by atoms with Crippen LogP contribution in [-0.4, -0.2) is 16.7 Å². The fourth-order valence-corrected chi connectivity index (χ4v) is 2.42. The molecule has 0 spiro atoms. The summed E-state index contributed by atoms with van der Waals surface area (Å²) in [5, 5.41) is 4.13. The fourth-order valence-electron chi connectivity index (χ4n) is 2.42. The zero-order valence-electron chi connectivity index (χ0n) is 12.9. The van der Waals surface area contributed by atoms with Crippen LogP contribution in [0.5, 0.6) is 0 Å². The topological polar surface area (TPSA) is 74.2 Å². The summed E-state index contributed by atoms with van der Waals surface area (Å²) in [6.07, 6.45) is 1.62. The van der Waals surface area contributed by atoms with E-state index in [4.69, 9.17) is 15.0 Å². The molecular weight excluding hydrogens is 266 g/mol. The standard InChI is InChI=1S/C16H23N3O2/c1-4-16(5-2,20-6-3)15-18-14(21-19-15)13-9-7-12(11-17)8-10-13/h7-10H,4-6,11,17H2,1-3H3. The maximum atomic E-state index is 5.90. The van der Waals surface area contributed by atoms with Gasteiger partial charge in [0.25, 0.3) is 5.89 Å². The van der Waals surface area contributed by atoms with Crippen molar-refractivity contribution in [2.45, 2.75) is 45.8 Å². The number of benzene rings is 1. The van der Waals surface area contributed by atoms with E-state index >= 15 is 0 Å². The van der Waals surface area contributed by atoms with Crippen LogP contribution in [0.3, 0.4) is 0 Å². The van der Waals surface area contributed by atoms with E-state index in [0.29, 0.717) is 24.9 Å². The van der Waals surface area contributed by atoms with E-state index in [0.717, 1.165) is 24.0 Å². The maximum absolute atomic E-state index is 5.90. The van der Waals surface area contributed by atoms with Gasteiger partial charge in [0.2, 0.25) is 5.82 Å². The molecule has 0 aliphatic carbocycles. The minimum atomic E-state index is -0.465. The van der Waals surface area contributed by atoms with E-state index in [1.165, 1.54) is 0 Å². The molecule has 1 aromatic carbocycles. The number of hydrogen-bond acceptors (Lipinski definition) is 5. The zero-order chi connectivity index (χ0) is 15.3. The first-order chi connectivity index (χ1) is 10.2. The van der Waals surface area contributed by atoms with Crippen LogP contribution in [0.4, 0.5) is 0 Å². The van der Waals surface area contributed by atoms with Gasteiger partial charge in [0, 0.05) is 18.7 Å². The number of nitrogens with zero attached hydrogens (tertiary/aromatic N) is 2. The van der Waals surface area contributed by atoms with Gasteiger partial charge in [-0.05, 0) is 37.5 Å². The Labute approximate surface area is 125 Å². The first-order valence-electron chi connectivity index (χ1n) is 7.46. The van der Waals surface area contributed by atoms with Crippen LogP contribution in [0.1, 0.15) is 45.0 Å². The molecule has 0 unspecified atom stereocenters. The van der Waals surface area contributed by atoms with Crippen molar-refractivity contribution in [3.05, 3.63) is 35.7 Å². The van der Waals surface area contributed by atoms with Crippen molar-refractivity contribution in [1.29, 1.82) is 0 Å². The van der Waals surface area contributed by atoms with Gasteiger partial charge >= 0.3 is 0 Å². The lowest BCUT2D eigenvalue weighted by molar-refractivity contribution is -0.0583. The molecule has 0 saturated heterocycles. The van der Waals surface area contributed by atoms with Crippen LogP contribution < -0.4 is 5.73 Å². The van der Waals surface area contributed by atoms with Crippen LogP contribution >= 0.6 is 0 Å². The second-order valence-corrected chi connectivity index (χ2v) is 4.96. The van der Waals surface area contributed by atoms with Crippen molar-refractivity contribution in [1.82, 2.24) is 10.1 Å². The molecular formula is C16H23N3O2. The van der Waals surface area contributed by atoms with Crippen LogP contribution in [0.2, 0.25) is 0 Å². The Hall–Kier alpha value is -1.72. The molecule has 2 N–H and O–H groups in total. The Morgan fingerprint density at radius 1 is 1.14 bits per heavy atom. The number of aromatic nitrogens is 2. The molecule has 0 bridgehead atoms. The van der Waals surface area contributed by atoms with Gasteiger partial charge in [0.15, 0.2) is 0 Å². The summed E-state index contributed by atoms with van der Waals surface area (Å²) in [4.78, 5) is 4.53. The van der Waals surface area contributed by atoms with Gasteiger partial charge in [-0.3, -0.25) is 0 Å². The van der Waals surface area contributed by atoms with Gasteiger partial charge in [-0.25, -0.2) is 0 Å². The monoisotopic (exact) mass is 289 g/mol. The molecule has 5 nitrogen and oxygen atoms in total. The van der Waals surface area contributed by atoms with Crippen molar-refractivity contribution in [3.8, 4) is 11.5 Å². The summed E-state index contributed by atoms with van der Waals surface area (Å²) >= 11 is 0. The van der Waals surface area contributed by atoms with Gasteiger partial charge in [-0.15, -0.1) is 0 Å². The van der Waals surface area contributed by atoms with Gasteiger partial charge in [0.1, 0.15) is 5.60 Å². The molecule has 0 aliphatic heterocycles. The third-order valence-corrected chi connectivity index (χ3v) is 3.83. The summed E-state index contributed by atoms with van der Waals surface area (Å²) in [5.74, 6) is 1.13. The average molecular weight is 289 g/mol. The first-order valence-corrected chi connectivity index (χ1v) is 7.46. The molecule has 114 valence electrons. The number of rotatable bonds is 7. The molecule has 2 rings (SSSR count). The molecule has 2 aromatic rings. The van der Waals surface area contributed by atoms with Gasteiger partial charge in [-0.2, -0.15) is 4.98 Å². The van der Waals surface area contributed by atoms with Crippen molar-refractivity contribution in [2.24, 2.45) is 5.73 Å². The van der Waals surface area contributed by atoms with Crippen molar-refractivity contribution in [3.63, 3.8) is 0 Å². The van der Waals surface area contributed by atoms with E-state index in [1.807, 2.05) is 31.2 Å². The van der Waals surface area contributed by atoms with Gasteiger partial charge < -0.3 is 15.0 Å². The summed E-state index contributed by atoms with van der Waals surface area (Å²) in [5.41, 5.74) is 7.10. The molecule has 0 fully saturated rings. The highest BCUT2D eigenvalue weighted by atomic mass is 16.5. The van der Waals surface area contributed by atoms with Crippen LogP contribution in [0.25, 0.3) is 11.5 Å². The lowest BCUT2D eigenvalue weighted by Gasteiger charge is -2.27. The Balaban J connectivity index is 2.31. The minimum absolute atomic E-state index is 0.465. The normalized spacial score (nSPS) is 11.8. The third-order valence-electron chi connectivity index (χ3n) is 3.83. The fraction of sp³-hybridized carbons (Fsp3) is 0.500. The molecule has 1 heterocycles. The summed E-state index contributed by atoms with van der Waals surface area (Å²) in [6.45, 7) is 7.27. The van der Waals surface area contributed by atoms with E-state index in [-0.39, 0.29) is 0 Å². The molecule has 21 heavy (non-hydrogen) atoms. The highest BCUT2D eigenvalue weighted by Gasteiger charge is 2.34. The van der Waals surface area contributed by atoms with E-state index in [9.17, 15) is 0 Å². The predicted octanol–water partition coefficient (Wildman–Crippen LogP) is 3.25. The quantitative estimate of drug-likeness (QED) is 0.847. The minimum Gasteiger partial charge on any atom is -0.367 e. The van der Waals surface area contributed by atoms with Crippen molar-refractivity contribution < 1.29 is 9.26 Å². The Morgan fingerprint density at radius 2 is 1.81 bits per heavy atom. The lowest BCUT2D eigenvalue weighted by Crippen LogP contribution is -2.29. The van der Waals surface area contributed by atoms with E-state index < -0.39 is 5.60 Å². The molecule has 0 amide bonds. The third kappa shape index (κ3) is 3.14.